The van der Waals surface area contributed by atoms with Crippen molar-refractivity contribution in [1.29, 1.82) is 0 Å². The van der Waals surface area contributed by atoms with Crippen molar-refractivity contribution in [1.82, 2.24) is 0 Å². The lowest BCUT2D eigenvalue weighted by Gasteiger charge is -2.11. The summed E-state index contributed by atoms with van der Waals surface area (Å²) in [6, 6.07) is -0.124. The summed E-state index contributed by atoms with van der Waals surface area (Å²) >= 11 is 5.02. The van der Waals surface area contributed by atoms with Gasteiger partial charge in [0.2, 0.25) is 0 Å². The molecule has 0 atom stereocenters. The molecule has 0 spiro atoms. The highest BCUT2D eigenvalue weighted by atomic mass is 35.5. The Morgan fingerprint density at radius 3 is 1.94 bits per heavy atom. The van der Waals surface area contributed by atoms with E-state index in [9.17, 15) is 35.5 Å². The summed E-state index contributed by atoms with van der Waals surface area (Å²) in [5.41, 5.74) is -3.40. The van der Waals surface area contributed by atoms with E-state index in [0.29, 0.717) is 0 Å². The number of benzene rings is 1. The summed E-state index contributed by atoms with van der Waals surface area (Å²) in [4.78, 5) is 10.7. The molecule has 0 fully saturated rings. The van der Waals surface area contributed by atoms with Gasteiger partial charge < -0.3 is 0 Å². The third kappa shape index (κ3) is 2.92. The van der Waals surface area contributed by atoms with Gasteiger partial charge in [-0.25, -0.2) is 4.39 Å². The number of halogens is 8. The SMILES string of the molecule is O=C(c1cc(C(F)(F)F)cc(Cl)c1F)C(F)(F)F. The lowest BCUT2D eigenvalue weighted by Crippen LogP contribution is -2.24. The summed E-state index contributed by atoms with van der Waals surface area (Å²) in [6.07, 6.45) is -10.5. The van der Waals surface area contributed by atoms with Gasteiger partial charge in [0.1, 0.15) is 0 Å². The van der Waals surface area contributed by atoms with E-state index in [-0.39, 0.29) is 12.1 Å². The molecule has 0 aliphatic heterocycles. The van der Waals surface area contributed by atoms with Crippen LogP contribution < -0.4 is 0 Å². The Bertz CT molecular complexity index is 489. The van der Waals surface area contributed by atoms with Crippen molar-refractivity contribution in [2.45, 2.75) is 12.4 Å². The minimum atomic E-state index is -5.49. The predicted molar refractivity (Wildman–Crippen MR) is 46.8 cm³/mol. The normalized spacial score (nSPS) is 12.7. The number of Topliss-reactive ketones (excluding diaryl/α,β-unsaturated/α-hetero) is 1. The standard InChI is InChI=1S/C9H2ClF7O/c10-5-2-3(8(12,13)14)1-4(6(5)11)7(18)9(15,16)17/h1-2H. The van der Waals surface area contributed by atoms with Crippen molar-refractivity contribution < 1.29 is 35.5 Å². The van der Waals surface area contributed by atoms with Crippen molar-refractivity contribution in [2.24, 2.45) is 0 Å². The summed E-state index contributed by atoms with van der Waals surface area (Å²) in [6.45, 7) is 0. The number of ketones is 1. The predicted octanol–water partition coefficient (Wildman–Crippen LogP) is 4.24. The van der Waals surface area contributed by atoms with Gasteiger partial charge in [-0.3, -0.25) is 4.79 Å². The maximum absolute atomic E-state index is 13.1. The highest BCUT2D eigenvalue weighted by Gasteiger charge is 2.42. The van der Waals surface area contributed by atoms with Gasteiger partial charge in [-0.05, 0) is 12.1 Å². The maximum atomic E-state index is 13.1. The smallest absolute Gasteiger partial charge is 0.284 e. The molecular weight excluding hydrogens is 293 g/mol. The Kier molecular flexibility index (Phi) is 3.62. The van der Waals surface area contributed by atoms with E-state index in [0.717, 1.165) is 0 Å². The second-order valence-corrected chi connectivity index (χ2v) is 3.55. The van der Waals surface area contributed by atoms with E-state index in [1.807, 2.05) is 0 Å². The van der Waals surface area contributed by atoms with Gasteiger partial charge in [-0.1, -0.05) is 11.6 Å². The van der Waals surface area contributed by atoms with Crippen molar-refractivity contribution in [2.75, 3.05) is 0 Å². The van der Waals surface area contributed by atoms with Crippen molar-refractivity contribution in [3.8, 4) is 0 Å². The molecule has 100 valence electrons. The zero-order valence-corrected chi connectivity index (χ0v) is 8.84. The van der Waals surface area contributed by atoms with Crippen LogP contribution in [0.2, 0.25) is 5.02 Å². The Balaban J connectivity index is 3.46. The average molecular weight is 295 g/mol. The number of alkyl halides is 6. The zero-order chi connectivity index (χ0) is 14.3. The van der Waals surface area contributed by atoms with Gasteiger partial charge in [0, 0.05) is 0 Å². The Labute approximate surface area is 100 Å². The van der Waals surface area contributed by atoms with Crippen molar-refractivity contribution in [3.63, 3.8) is 0 Å². The highest BCUT2D eigenvalue weighted by Crippen LogP contribution is 2.35. The third-order valence-electron chi connectivity index (χ3n) is 1.86. The minimum Gasteiger partial charge on any atom is -0.284 e. The number of carbonyl (C=O) groups is 1. The molecule has 0 saturated heterocycles. The second kappa shape index (κ2) is 4.42. The van der Waals surface area contributed by atoms with Crippen LogP contribution in [0.15, 0.2) is 12.1 Å². The summed E-state index contributed by atoms with van der Waals surface area (Å²) in [5.74, 6) is -4.57. The topological polar surface area (TPSA) is 17.1 Å². The van der Waals surface area contributed by atoms with Crippen molar-refractivity contribution in [3.05, 3.63) is 34.1 Å². The minimum absolute atomic E-state index is 0.101. The Morgan fingerprint density at radius 2 is 1.56 bits per heavy atom. The first-order valence-electron chi connectivity index (χ1n) is 4.12. The van der Waals surface area contributed by atoms with E-state index in [1.54, 1.807) is 0 Å². The van der Waals surface area contributed by atoms with Crippen LogP contribution in [-0.4, -0.2) is 12.0 Å². The molecule has 0 heterocycles. The van der Waals surface area contributed by atoms with Crippen LogP contribution in [0, 0.1) is 5.82 Å². The van der Waals surface area contributed by atoms with Gasteiger partial charge in [-0.15, -0.1) is 0 Å². The molecule has 0 aromatic heterocycles. The van der Waals surface area contributed by atoms with Gasteiger partial charge >= 0.3 is 12.4 Å². The number of hydrogen-bond acceptors (Lipinski definition) is 1. The molecule has 0 N–H and O–H groups in total. The van der Waals surface area contributed by atoms with E-state index < -0.39 is 40.1 Å². The molecule has 0 saturated carbocycles. The molecule has 0 radical (unpaired) electrons. The molecule has 1 rings (SSSR count). The third-order valence-corrected chi connectivity index (χ3v) is 2.13. The molecule has 9 heteroatoms. The van der Waals surface area contributed by atoms with E-state index >= 15 is 0 Å². The molecule has 0 aliphatic carbocycles. The summed E-state index contributed by atoms with van der Waals surface area (Å²) in [5, 5.41) is -1.21. The molecule has 0 unspecified atom stereocenters. The quantitative estimate of drug-likeness (QED) is 0.559. The zero-order valence-electron chi connectivity index (χ0n) is 8.09. The molecular formula is C9H2ClF7O. The first-order valence-corrected chi connectivity index (χ1v) is 4.50. The Morgan fingerprint density at radius 1 is 1.06 bits per heavy atom. The van der Waals surface area contributed by atoms with E-state index in [4.69, 9.17) is 11.6 Å². The van der Waals surface area contributed by atoms with Gasteiger partial charge in [0.05, 0.1) is 16.1 Å². The van der Waals surface area contributed by atoms with Crippen LogP contribution in [0.1, 0.15) is 15.9 Å². The number of carbonyl (C=O) groups excluding carboxylic acids is 1. The molecule has 0 amide bonds. The molecule has 1 aromatic rings. The fraction of sp³-hybridized carbons (Fsp3) is 0.222. The summed E-state index contributed by atoms with van der Waals surface area (Å²) in [7, 11) is 0. The van der Waals surface area contributed by atoms with Gasteiger partial charge in [0.15, 0.2) is 5.82 Å². The Hall–Kier alpha value is -1.31. The van der Waals surface area contributed by atoms with Crippen LogP contribution in [0.3, 0.4) is 0 Å². The lowest BCUT2D eigenvalue weighted by molar-refractivity contribution is -0.137. The number of hydrogen-bond donors (Lipinski definition) is 0. The van der Waals surface area contributed by atoms with Crippen LogP contribution >= 0.6 is 11.6 Å². The summed E-state index contributed by atoms with van der Waals surface area (Å²) < 4.78 is 86.0. The number of rotatable bonds is 1. The van der Waals surface area contributed by atoms with Crippen LogP contribution in [0.25, 0.3) is 0 Å². The van der Waals surface area contributed by atoms with Gasteiger partial charge in [-0.2, -0.15) is 26.3 Å². The first-order chi connectivity index (χ1) is 7.94. The molecule has 1 nitrogen and oxygen atoms in total. The van der Waals surface area contributed by atoms with Crippen LogP contribution in [0.4, 0.5) is 30.7 Å². The van der Waals surface area contributed by atoms with Crippen LogP contribution in [-0.2, 0) is 6.18 Å². The monoisotopic (exact) mass is 294 g/mol. The van der Waals surface area contributed by atoms with Crippen molar-refractivity contribution >= 4 is 17.4 Å². The second-order valence-electron chi connectivity index (χ2n) is 3.14. The maximum Gasteiger partial charge on any atom is 0.454 e. The van der Waals surface area contributed by atoms with E-state index in [2.05, 4.69) is 0 Å². The molecule has 18 heavy (non-hydrogen) atoms. The molecule has 0 bridgehead atoms. The highest BCUT2D eigenvalue weighted by molar-refractivity contribution is 6.31. The average Bonchev–Trinajstić information content (AvgIpc) is 2.17. The van der Waals surface area contributed by atoms with Crippen LogP contribution in [0.5, 0.6) is 0 Å². The largest absolute Gasteiger partial charge is 0.454 e. The van der Waals surface area contributed by atoms with E-state index in [1.165, 1.54) is 0 Å². The first kappa shape index (κ1) is 14.7. The molecule has 1 aromatic carbocycles. The fourth-order valence-corrected chi connectivity index (χ4v) is 1.29. The van der Waals surface area contributed by atoms with Gasteiger partial charge in [0.25, 0.3) is 5.78 Å². The lowest BCUT2D eigenvalue weighted by atomic mass is 10.1. The fourth-order valence-electron chi connectivity index (χ4n) is 1.07. The molecule has 0 aliphatic rings.